The molecule has 1 saturated heterocycles. The number of piperidine rings is 1. The number of carbonyl (C=O) groups is 1. The predicted octanol–water partition coefficient (Wildman–Crippen LogP) is 3.89. The number of hydrogen-bond donors (Lipinski definition) is 1. The largest absolute Gasteiger partial charge is 0.352 e. The highest BCUT2D eigenvalue weighted by Gasteiger charge is 2.40. The summed E-state index contributed by atoms with van der Waals surface area (Å²) in [6.07, 6.45) is 0.836. The first-order chi connectivity index (χ1) is 13.6. The zero-order chi connectivity index (χ0) is 21.2. The van der Waals surface area contributed by atoms with E-state index in [4.69, 9.17) is 11.6 Å². The molecule has 0 unspecified atom stereocenters. The van der Waals surface area contributed by atoms with E-state index in [1.165, 1.54) is 16.4 Å². The molecule has 29 heavy (non-hydrogen) atoms. The van der Waals surface area contributed by atoms with Crippen molar-refractivity contribution in [2.75, 3.05) is 13.1 Å². The molecule has 2 aromatic carbocycles. The molecule has 1 heterocycles. The molecule has 0 aliphatic carbocycles. The minimum absolute atomic E-state index is 0.127. The minimum atomic E-state index is -3.67. The average molecular weight is 439 g/mol. The zero-order valence-electron chi connectivity index (χ0n) is 16.4. The van der Waals surface area contributed by atoms with E-state index in [9.17, 15) is 17.6 Å². The summed E-state index contributed by atoms with van der Waals surface area (Å²) in [5.41, 5.74) is 0.675. The third-order valence-electron chi connectivity index (χ3n) is 5.58. The molecule has 1 amide bonds. The number of nitrogens with one attached hydrogen (secondary N) is 1. The molecule has 0 saturated carbocycles. The number of halogens is 2. The summed E-state index contributed by atoms with van der Waals surface area (Å²) in [6, 6.07) is 10.8. The minimum Gasteiger partial charge on any atom is -0.352 e. The molecule has 8 heteroatoms. The van der Waals surface area contributed by atoms with E-state index >= 15 is 0 Å². The second-order valence-corrected chi connectivity index (χ2v) is 9.95. The summed E-state index contributed by atoms with van der Waals surface area (Å²) in [4.78, 5) is 12.9. The average Bonchev–Trinajstić information content (AvgIpc) is 2.69. The quantitative estimate of drug-likeness (QED) is 0.770. The Morgan fingerprint density at radius 2 is 1.79 bits per heavy atom. The summed E-state index contributed by atoms with van der Waals surface area (Å²) in [5, 5.41) is 3.29. The lowest BCUT2D eigenvalue weighted by Crippen LogP contribution is -2.48. The maximum atomic E-state index is 13.0. The molecule has 0 atom stereocenters. The summed E-state index contributed by atoms with van der Waals surface area (Å²) in [7, 11) is -3.67. The fourth-order valence-corrected chi connectivity index (χ4v) is 5.37. The van der Waals surface area contributed by atoms with Gasteiger partial charge < -0.3 is 5.32 Å². The highest BCUT2D eigenvalue weighted by molar-refractivity contribution is 7.89. The van der Waals surface area contributed by atoms with Crippen LogP contribution in [0.25, 0.3) is 0 Å². The van der Waals surface area contributed by atoms with Crippen LogP contribution in [0, 0.1) is 18.2 Å². The first-order valence-electron chi connectivity index (χ1n) is 9.41. The third kappa shape index (κ3) is 4.63. The number of rotatable bonds is 5. The number of nitrogens with zero attached hydrogens (tertiary/aromatic N) is 1. The molecule has 1 aliphatic heterocycles. The Morgan fingerprint density at radius 1 is 1.17 bits per heavy atom. The lowest BCUT2D eigenvalue weighted by atomic mass is 9.80. The van der Waals surface area contributed by atoms with Crippen LogP contribution in [0.15, 0.2) is 47.4 Å². The van der Waals surface area contributed by atoms with Crippen LogP contribution in [0.3, 0.4) is 0 Å². The molecule has 5 nitrogen and oxygen atoms in total. The Kier molecular flexibility index (Phi) is 6.31. The van der Waals surface area contributed by atoms with Gasteiger partial charge in [-0.2, -0.15) is 4.31 Å². The second kappa shape index (κ2) is 8.42. The summed E-state index contributed by atoms with van der Waals surface area (Å²) >= 11 is 6.08. The SMILES string of the molecule is Cc1c(Cl)cccc1S(=O)(=O)N1CCC(C)(C(=O)NCc2ccc(F)cc2)CC1. The number of sulfonamides is 1. The van der Waals surface area contributed by atoms with Gasteiger partial charge in [0.05, 0.1) is 4.90 Å². The van der Waals surface area contributed by atoms with E-state index in [0.29, 0.717) is 30.0 Å². The van der Waals surface area contributed by atoms with E-state index in [1.807, 2.05) is 6.92 Å². The molecule has 0 aromatic heterocycles. The molecule has 0 spiro atoms. The summed E-state index contributed by atoms with van der Waals surface area (Å²) < 4.78 is 40.4. The van der Waals surface area contributed by atoms with Crippen LogP contribution in [0.5, 0.6) is 0 Å². The Bertz CT molecular complexity index is 1000. The molecule has 2 aromatic rings. The summed E-state index contributed by atoms with van der Waals surface area (Å²) in [6.45, 7) is 4.36. The predicted molar refractivity (Wildman–Crippen MR) is 111 cm³/mol. The van der Waals surface area contributed by atoms with E-state index in [1.54, 1.807) is 37.3 Å². The van der Waals surface area contributed by atoms with Gasteiger partial charge in [0.2, 0.25) is 15.9 Å². The van der Waals surface area contributed by atoms with Gasteiger partial charge in [0.15, 0.2) is 0 Å². The Labute approximate surface area is 175 Å². The van der Waals surface area contributed by atoms with E-state index in [-0.39, 0.29) is 29.7 Å². The van der Waals surface area contributed by atoms with Crippen LogP contribution < -0.4 is 5.32 Å². The normalized spacial score (nSPS) is 17.1. The van der Waals surface area contributed by atoms with Gasteiger partial charge in [-0.05, 0) is 55.2 Å². The number of benzene rings is 2. The van der Waals surface area contributed by atoms with Crippen molar-refractivity contribution in [2.45, 2.75) is 38.1 Å². The van der Waals surface area contributed by atoms with Gasteiger partial charge in [0.25, 0.3) is 0 Å². The number of amides is 1. The molecule has 156 valence electrons. The molecular weight excluding hydrogens is 415 g/mol. The Hall–Kier alpha value is -1.96. The van der Waals surface area contributed by atoms with Gasteiger partial charge in [-0.1, -0.05) is 36.7 Å². The van der Waals surface area contributed by atoms with E-state index in [2.05, 4.69) is 5.32 Å². The van der Waals surface area contributed by atoms with Crippen LogP contribution in [0.2, 0.25) is 5.02 Å². The van der Waals surface area contributed by atoms with Gasteiger partial charge in [-0.25, -0.2) is 12.8 Å². The zero-order valence-corrected chi connectivity index (χ0v) is 18.0. The van der Waals surface area contributed by atoms with Crippen LogP contribution in [0.1, 0.15) is 30.9 Å². The monoisotopic (exact) mass is 438 g/mol. The van der Waals surface area contributed by atoms with Crippen molar-refractivity contribution in [1.29, 1.82) is 0 Å². The van der Waals surface area contributed by atoms with E-state index < -0.39 is 15.4 Å². The number of carbonyl (C=O) groups excluding carboxylic acids is 1. The van der Waals surface area contributed by atoms with Crippen LogP contribution >= 0.6 is 11.6 Å². The van der Waals surface area contributed by atoms with Crippen molar-refractivity contribution in [3.05, 3.63) is 64.4 Å². The van der Waals surface area contributed by atoms with Crippen molar-refractivity contribution in [2.24, 2.45) is 5.41 Å². The van der Waals surface area contributed by atoms with Gasteiger partial charge in [-0.15, -0.1) is 0 Å². The van der Waals surface area contributed by atoms with Crippen LogP contribution in [0.4, 0.5) is 4.39 Å². The second-order valence-electron chi connectivity index (χ2n) is 7.64. The molecule has 0 radical (unpaired) electrons. The van der Waals surface area contributed by atoms with Crippen molar-refractivity contribution in [3.8, 4) is 0 Å². The van der Waals surface area contributed by atoms with Gasteiger partial charge >= 0.3 is 0 Å². The maximum Gasteiger partial charge on any atom is 0.243 e. The van der Waals surface area contributed by atoms with Crippen LogP contribution in [-0.2, 0) is 21.4 Å². The maximum absolute atomic E-state index is 13.0. The van der Waals surface area contributed by atoms with Gasteiger partial charge in [0, 0.05) is 30.1 Å². The fraction of sp³-hybridized carbons (Fsp3) is 0.381. The van der Waals surface area contributed by atoms with E-state index in [0.717, 1.165) is 5.56 Å². The Morgan fingerprint density at radius 3 is 2.41 bits per heavy atom. The standard InChI is InChI=1S/C21H24ClFN2O3S/c1-15-18(22)4-3-5-19(15)29(27,28)25-12-10-21(2,11-13-25)20(26)24-14-16-6-8-17(23)9-7-16/h3-9H,10-14H2,1-2H3,(H,24,26). The van der Waals surface area contributed by atoms with Gasteiger partial charge in [-0.3, -0.25) is 4.79 Å². The molecule has 3 rings (SSSR count). The first-order valence-corrected chi connectivity index (χ1v) is 11.2. The highest BCUT2D eigenvalue weighted by atomic mass is 35.5. The van der Waals surface area contributed by atoms with Crippen LogP contribution in [-0.4, -0.2) is 31.7 Å². The third-order valence-corrected chi connectivity index (χ3v) is 8.03. The molecule has 1 aliphatic rings. The fourth-order valence-electron chi connectivity index (χ4n) is 3.45. The van der Waals surface area contributed by atoms with Crippen molar-refractivity contribution < 1.29 is 17.6 Å². The Balaban J connectivity index is 1.64. The lowest BCUT2D eigenvalue weighted by Gasteiger charge is -2.37. The molecular formula is C21H24ClFN2O3S. The van der Waals surface area contributed by atoms with Crippen molar-refractivity contribution in [3.63, 3.8) is 0 Å². The summed E-state index contributed by atoms with van der Waals surface area (Å²) in [5.74, 6) is -0.451. The highest BCUT2D eigenvalue weighted by Crippen LogP contribution is 2.35. The number of hydrogen-bond acceptors (Lipinski definition) is 3. The molecule has 1 N–H and O–H groups in total. The smallest absolute Gasteiger partial charge is 0.243 e. The van der Waals surface area contributed by atoms with Crippen molar-refractivity contribution >= 4 is 27.5 Å². The first kappa shape index (κ1) is 21.7. The lowest BCUT2D eigenvalue weighted by molar-refractivity contribution is -0.132. The topological polar surface area (TPSA) is 66.5 Å². The molecule has 1 fully saturated rings. The van der Waals surface area contributed by atoms with Gasteiger partial charge in [0.1, 0.15) is 5.82 Å². The molecule has 0 bridgehead atoms. The van der Waals surface area contributed by atoms with Crippen molar-refractivity contribution in [1.82, 2.24) is 9.62 Å².